The quantitative estimate of drug-likeness (QED) is 0.930. The molecular weight excluding hydrogens is 290 g/mol. The van der Waals surface area contributed by atoms with Gasteiger partial charge in [0.25, 0.3) is 0 Å². The first-order valence-electron chi connectivity index (χ1n) is 7.38. The lowest BCUT2D eigenvalue weighted by Gasteiger charge is -2.28. The summed E-state index contributed by atoms with van der Waals surface area (Å²) in [6.45, 7) is 0.428. The molecule has 3 rings (SSSR count). The molecule has 1 aromatic rings. The van der Waals surface area contributed by atoms with Gasteiger partial charge in [0.15, 0.2) is 0 Å². The van der Waals surface area contributed by atoms with Crippen LogP contribution in [0.1, 0.15) is 48.0 Å². The summed E-state index contributed by atoms with van der Waals surface area (Å²) in [5, 5.41) is 8.73. The molecule has 1 aromatic carbocycles. The minimum Gasteiger partial charge on any atom is -0.478 e. The van der Waals surface area contributed by atoms with Gasteiger partial charge in [0.2, 0.25) is 10.0 Å². The van der Waals surface area contributed by atoms with E-state index in [1.165, 1.54) is 10.4 Å². The first kappa shape index (κ1) is 14.4. The van der Waals surface area contributed by atoms with Crippen LogP contribution in [-0.2, 0) is 16.4 Å². The van der Waals surface area contributed by atoms with Crippen molar-refractivity contribution >= 4 is 21.7 Å². The molecule has 114 valence electrons. The predicted molar refractivity (Wildman–Crippen MR) is 80.2 cm³/mol. The Morgan fingerprint density at radius 2 is 1.90 bits per heavy atom. The summed E-state index contributed by atoms with van der Waals surface area (Å²) >= 11 is 0. The van der Waals surface area contributed by atoms with Crippen LogP contribution in [0.2, 0.25) is 0 Å². The molecule has 6 heteroatoms. The summed E-state index contributed by atoms with van der Waals surface area (Å²) in [6.07, 6.45) is 5.13. The Kier molecular flexibility index (Phi) is 3.65. The zero-order chi connectivity index (χ0) is 15.0. The van der Waals surface area contributed by atoms with Crippen molar-refractivity contribution in [1.82, 2.24) is 0 Å². The minimum atomic E-state index is -3.32. The number of hydrogen-bond acceptors (Lipinski definition) is 3. The molecule has 0 spiro atoms. The van der Waals surface area contributed by atoms with Crippen LogP contribution in [-0.4, -0.2) is 31.3 Å². The average molecular weight is 309 g/mol. The van der Waals surface area contributed by atoms with E-state index in [4.69, 9.17) is 5.11 Å². The first-order chi connectivity index (χ1) is 10.00. The molecule has 5 nitrogen and oxygen atoms in total. The molecule has 2 aliphatic rings. The lowest BCUT2D eigenvalue weighted by atomic mass is 10.0. The van der Waals surface area contributed by atoms with Crippen LogP contribution in [0.25, 0.3) is 0 Å². The number of aromatic carboxylic acids is 1. The maximum atomic E-state index is 12.8. The molecule has 0 aromatic heterocycles. The normalized spacial score (nSPS) is 19.5. The monoisotopic (exact) mass is 309 g/mol. The van der Waals surface area contributed by atoms with Crippen molar-refractivity contribution < 1.29 is 18.3 Å². The predicted octanol–water partition coefficient (Wildman–Crippen LogP) is 2.41. The van der Waals surface area contributed by atoms with Crippen molar-refractivity contribution in [3.63, 3.8) is 0 Å². The number of anilines is 1. The SMILES string of the molecule is O=C(O)c1ccc2c(c1)CCN2S(=O)(=O)C1CCCCC1. The second-order valence-electron chi connectivity index (χ2n) is 5.78. The van der Waals surface area contributed by atoms with Crippen molar-refractivity contribution in [2.45, 2.75) is 43.8 Å². The maximum absolute atomic E-state index is 12.8. The summed E-state index contributed by atoms with van der Waals surface area (Å²) in [7, 11) is -3.32. The van der Waals surface area contributed by atoms with Crippen LogP contribution in [0.15, 0.2) is 18.2 Å². The van der Waals surface area contributed by atoms with Crippen LogP contribution < -0.4 is 4.31 Å². The molecule has 1 aliphatic carbocycles. The molecule has 1 saturated carbocycles. The highest BCUT2D eigenvalue weighted by molar-refractivity contribution is 7.93. The standard InChI is InChI=1S/C15H19NO4S/c17-15(18)12-6-7-14-11(10-12)8-9-16(14)21(19,20)13-4-2-1-3-5-13/h6-7,10,13H,1-5,8-9H2,(H,17,18). The topological polar surface area (TPSA) is 74.7 Å². The van der Waals surface area contributed by atoms with Crippen molar-refractivity contribution in [2.24, 2.45) is 0 Å². The van der Waals surface area contributed by atoms with Gasteiger partial charge in [-0.15, -0.1) is 0 Å². The van der Waals surface area contributed by atoms with E-state index >= 15 is 0 Å². The lowest BCUT2D eigenvalue weighted by molar-refractivity contribution is 0.0697. The van der Waals surface area contributed by atoms with Gasteiger partial charge in [0.1, 0.15) is 0 Å². The Balaban J connectivity index is 1.91. The van der Waals surface area contributed by atoms with Crippen LogP contribution >= 0.6 is 0 Å². The molecule has 0 bridgehead atoms. The Labute approximate surface area is 124 Å². The van der Waals surface area contributed by atoms with Crippen molar-refractivity contribution in [3.05, 3.63) is 29.3 Å². The molecular formula is C15H19NO4S. The Bertz CT molecular complexity index is 662. The third kappa shape index (κ3) is 2.52. The van der Waals surface area contributed by atoms with E-state index < -0.39 is 16.0 Å². The summed E-state index contributed by atoms with van der Waals surface area (Å²) < 4.78 is 27.0. The van der Waals surface area contributed by atoms with Gasteiger partial charge in [-0.1, -0.05) is 19.3 Å². The maximum Gasteiger partial charge on any atom is 0.335 e. The van der Waals surface area contributed by atoms with E-state index in [0.29, 0.717) is 18.7 Å². The summed E-state index contributed by atoms with van der Waals surface area (Å²) in [4.78, 5) is 11.0. The summed E-state index contributed by atoms with van der Waals surface area (Å²) in [5.74, 6) is -0.980. The number of carboxylic acids is 1. The molecule has 1 fully saturated rings. The Morgan fingerprint density at radius 1 is 1.19 bits per heavy atom. The third-order valence-corrected chi connectivity index (χ3v) is 6.77. The fourth-order valence-corrected chi connectivity index (χ4v) is 5.40. The van der Waals surface area contributed by atoms with Gasteiger partial charge >= 0.3 is 5.97 Å². The molecule has 0 amide bonds. The van der Waals surface area contributed by atoms with Crippen molar-refractivity contribution in [2.75, 3.05) is 10.8 Å². The Morgan fingerprint density at radius 3 is 2.57 bits per heavy atom. The number of sulfonamides is 1. The van der Waals surface area contributed by atoms with E-state index in [1.54, 1.807) is 12.1 Å². The van der Waals surface area contributed by atoms with Gasteiger partial charge in [0, 0.05) is 6.54 Å². The van der Waals surface area contributed by atoms with E-state index in [1.807, 2.05) is 0 Å². The van der Waals surface area contributed by atoms with Gasteiger partial charge in [0.05, 0.1) is 16.5 Å². The number of benzene rings is 1. The number of fused-ring (bicyclic) bond motifs is 1. The van der Waals surface area contributed by atoms with Crippen molar-refractivity contribution in [1.29, 1.82) is 0 Å². The second kappa shape index (κ2) is 5.33. The zero-order valence-electron chi connectivity index (χ0n) is 11.8. The molecule has 1 aliphatic heterocycles. The van der Waals surface area contributed by atoms with Gasteiger partial charge in [-0.25, -0.2) is 13.2 Å². The average Bonchev–Trinajstić information content (AvgIpc) is 2.91. The lowest BCUT2D eigenvalue weighted by Crippen LogP contribution is -2.38. The largest absolute Gasteiger partial charge is 0.478 e. The van der Waals surface area contributed by atoms with E-state index in [9.17, 15) is 13.2 Å². The fourth-order valence-electron chi connectivity index (χ4n) is 3.31. The van der Waals surface area contributed by atoms with Gasteiger partial charge in [-0.3, -0.25) is 4.31 Å². The highest BCUT2D eigenvalue weighted by atomic mass is 32.2. The van der Waals surface area contributed by atoms with Gasteiger partial charge in [-0.2, -0.15) is 0 Å². The third-order valence-electron chi connectivity index (χ3n) is 4.46. The smallest absolute Gasteiger partial charge is 0.335 e. The molecule has 0 atom stereocenters. The number of carbonyl (C=O) groups is 1. The molecule has 1 N–H and O–H groups in total. The number of rotatable bonds is 3. The van der Waals surface area contributed by atoms with E-state index in [0.717, 1.165) is 37.7 Å². The number of nitrogens with zero attached hydrogens (tertiary/aromatic N) is 1. The van der Waals surface area contributed by atoms with Crippen LogP contribution in [0.3, 0.4) is 0 Å². The second-order valence-corrected chi connectivity index (χ2v) is 7.91. The molecule has 0 unspecified atom stereocenters. The highest BCUT2D eigenvalue weighted by Gasteiger charge is 2.36. The van der Waals surface area contributed by atoms with Gasteiger partial charge in [-0.05, 0) is 43.0 Å². The van der Waals surface area contributed by atoms with Gasteiger partial charge < -0.3 is 5.11 Å². The number of carboxylic acid groups (broad SMARTS) is 1. The molecule has 1 heterocycles. The fraction of sp³-hybridized carbons (Fsp3) is 0.533. The highest BCUT2D eigenvalue weighted by Crippen LogP contribution is 2.35. The minimum absolute atomic E-state index is 0.214. The molecule has 0 radical (unpaired) electrons. The van der Waals surface area contributed by atoms with Crippen LogP contribution in [0, 0.1) is 0 Å². The summed E-state index contributed by atoms with van der Waals surface area (Å²) in [6, 6.07) is 4.70. The van der Waals surface area contributed by atoms with Crippen LogP contribution in [0.5, 0.6) is 0 Å². The van der Waals surface area contributed by atoms with E-state index in [2.05, 4.69) is 0 Å². The molecule has 0 saturated heterocycles. The zero-order valence-corrected chi connectivity index (χ0v) is 12.6. The Hall–Kier alpha value is -1.56. The first-order valence-corrected chi connectivity index (χ1v) is 8.88. The van der Waals surface area contributed by atoms with Crippen LogP contribution in [0.4, 0.5) is 5.69 Å². The summed E-state index contributed by atoms with van der Waals surface area (Å²) in [5.41, 5.74) is 1.69. The number of hydrogen-bond donors (Lipinski definition) is 1. The molecule has 21 heavy (non-hydrogen) atoms. The van der Waals surface area contributed by atoms with Crippen molar-refractivity contribution in [3.8, 4) is 0 Å². The van der Waals surface area contributed by atoms with E-state index in [-0.39, 0.29) is 10.8 Å².